The Morgan fingerprint density at radius 3 is 2.95 bits per heavy atom. The number of carbonyl (C=O) groups is 1. The van der Waals surface area contributed by atoms with Gasteiger partial charge in [-0.15, -0.1) is 0 Å². The van der Waals surface area contributed by atoms with E-state index in [1.54, 1.807) is 6.07 Å². The van der Waals surface area contributed by atoms with Crippen LogP contribution < -0.4 is 11.1 Å². The van der Waals surface area contributed by atoms with Gasteiger partial charge in [0.15, 0.2) is 0 Å². The van der Waals surface area contributed by atoms with Crippen LogP contribution in [0.2, 0.25) is 5.02 Å². The monoisotopic (exact) mass is 309 g/mol. The molecule has 3 N–H and O–H groups in total. The molecule has 1 aromatic carbocycles. The second-order valence-corrected chi connectivity index (χ2v) is 6.40. The first-order valence-electron chi connectivity index (χ1n) is 7.49. The second kappa shape index (κ2) is 7.25. The highest BCUT2D eigenvalue weighted by Crippen LogP contribution is 2.22. The van der Waals surface area contributed by atoms with E-state index < -0.39 is 0 Å². The molecule has 4 nitrogen and oxygen atoms in total. The third-order valence-electron chi connectivity index (χ3n) is 4.26. The number of hydrogen-bond acceptors (Lipinski definition) is 3. The number of piperidine rings is 1. The molecule has 2 atom stereocenters. The first-order chi connectivity index (χ1) is 9.99. The van der Waals surface area contributed by atoms with Crippen LogP contribution in [-0.2, 0) is 4.79 Å². The Hall–Kier alpha value is -1.10. The number of aryl methyl sites for hydroxylation is 1. The van der Waals surface area contributed by atoms with Gasteiger partial charge in [-0.2, -0.15) is 0 Å². The Balaban J connectivity index is 1.96. The van der Waals surface area contributed by atoms with Gasteiger partial charge in [-0.05, 0) is 56.8 Å². The largest absolute Gasteiger partial charge is 0.330 e. The van der Waals surface area contributed by atoms with Crippen molar-refractivity contribution in [2.75, 3.05) is 25.0 Å². The maximum absolute atomic E-state index is 12.3. The van der Waals surface area contributed by atoms with Crippen LogP contribution in [0, 0.1) is 12.8 Å². The average molecular weight is 310 g/mol. The van der Waals surface area contributed by atoms with Crippen LogP contribution in [0.5, 0.6) is 0 Å². The van der Waals surface area contributed by atoms with Crippen molar-refractivity contribution in [3.05, 3.63) is 28.8 Å². The van der Waals surface area contributed by atoms with E-state index in [1.807, 2.05) is 19.1 Å². The molecule has 0 spiro atoms. The van der Waals surface area contributed by atoms with Gasteiger partial charge < -0.3 is 11.1 Å². The quantitative estimate of drug-likeness (QED) is 0.899. The normalized spacial score (nSPS) is 23.0. The number of nitrogens with one attached hydrogen (secondary N) is 1. The van der Waals surface area contributed by atoms with Crippen LogP contribution in [0.4, 0.5) is 5.69 Å². The minimum atomic E-state index is 0.00453. The van der Waals surface area contributed by atoms with Gasteiger partial charge in [0.2, 0.25) is 5.91 Å². The molecule has 1 heterocycles. The molecule has 1 amide bonds. The summed E-state index contributed by atoms with van der Waals surface area (Å²) in [4.78, 5) is 14.5. The van der Waals surface area contributed by atoms with Gasteiger partial charge in [-0.25, -0.2) is 0 Å². The van der Waals surface area contributed by atoms with Gasteiger partial charge >= 0.3 is 0 Å². The molecule has 1 aliphatic rings. The van der Waals surface area contributed by atoms with Crippen molar-refractivity contribution in [1.82, 2.24) is 4.90 Å². The summed E-state index contributed by atoms with van der Waals surface area (Å²) in [5.74, 6) is 0.506. The summed E-state index contributed by atoms with van der Waals surface area (Å²) in [6, 6.07) is 5.95. The summed E-state index contributed by atoms with van der Waals surface area (Å²) in [5.41, 5.74) is 7.56. The Morgan fingerprint density at radius 2 is 2.24 bits per heavy atom. The number of benzene rings is 1. The highest BCUT2D eigenvalue weighted by Gasteiger charge is 2.26. The molecule has 1 saturated heterocycles. The zero-order valence-electron chi connectivity index (χ0n) is 12.7. The summed E-state index contributed by atoms with van der Waals surface area (Å²) in [6.07, 6.45) is 2.26. The fraction of sp³-hybridized carbons (Fsp3) is 0.562. The predicted octanol–water partition coefficient (Wildman–Crippen LogP) is 2.65. The summed E-state index contributed by atoms with van der Waals surface area (Å²) in [6.45, 7) is 6.13. The standard InChI is InChI=1S/C16H24ClN3O/c1-11-3-6-14(17)7-15(11)19-16(21)10-20-9-13(8-18)5-4-12(20)2/h3,6-7,12-13H,4-5,8-10,18H2,1-2H3,(H,19,21). The molecule has 2 rings (SSSR count). The molecule has 0 radical (unpaired) electrons. The van der Waals surface area contributed by atoms with Crippen LogP contribution in [0.1, 0.15) is 25.3 Å². The first-order valence-corrected chi connectivity index (χ1v) is 7.87. The molecule has 21 heavy (non-hydrogen) atoms. The lowest BCUT2D eigenvalue weighted by molar-refractivity contribution is -0.118. The van der Waals surface area contributed by atoms with Crippen LogP contribution in [0.15, 0.2) is 18.2 Å². The average Bonchev–Trinajstić information content (AvgIpc) is 2.45. The van der Waals surface area contributed by atoms with E-state index in [-0.39, 0.29) is 5.91 Å². The summed E-state index contributed by atoms with van der Waals surface area (Å²) in [5, 5.41) is 3.59. The fourth-order valence-electron chi connectivity index (χ4n) is 2.78. The lowest BCUT2D eigenvalue weighted by atomic mass is 9.93. The maximum atomic E-state index is 12.3. The topological polar surface area (TPSA) is 58.4 Å². The zero-order valence-corrected chi connectivity index (χ0v) is 13.5. The molecule has 1 aliphatic heterocycles. The van der Waals surface area contributed by atoms with Gasteiger partial charge in [0.1, 0.15) is 0 Å². The SMILES string of the molecule is Cc1ccc(Cl)cc1NC(=O)CN1CC(CN)CCC1C. The van der Waals surface area contributed by atoms with Gasteiger partial charge in [0.05, 0.1) is 6.54 Å². The van der Waals surface area contributed by atoms with Gasteiger partial charge in [-0.1, -0.05) is 17.7 Å². The molecule has 5 heteroatoms. The molecule has 0 bridgehead atoms. The summed E-state index contributed by atoms with van der Waals surface area (Å²) < 4.78 is 0. The van der Waals surface area contributed by atoms with E-state index >= 15 is 0 Å². The minimum Gasteiger partial charge on any atom is -0.330 e. The molecular weight excluding hydrogens is 286 g/mol. The van der Waals surface area contributed by atoms with Crippen molar-refractivity contribution in [2.45, 2.75) is 32.7 Å². The summed E-state index contributed by atoms with van der Waals surface area (Å²) >= 11 is 5.98. The fourth-order valence-corrected chi connectivity index (χ4v) is 2.95. The van der Waals surface area contributed by atoms with Crippen LogP contribution >= 0.6 is 11.6 Å². The Morgan fingerprint density at radius 1 is 1.48 bits per heavy atom. The van der Waals surface area contributed by atoms with Crippen molar-refractivity contribution in [3.8, 4) is 0 Å². The van der Waals surface area contributed by atoms with Crippen molar-refractivity contribution >= 4 is 23.2 Å². The second-order valence-electron chi connectivity index (χ2n) is 5.96. The lowest BCUT2D eigenvalue weighted by Gasteiger charge is -2.37. The van der Waals surface area contributed by atoms with E-state index in [0.717, 1.165) is 30.6 Å². The number of rotatable bonds is 4. The van der Waals surface area contributed by atoms with E-state index in [9.17, 15) is 4.79 Å². The molecular formula is C16H24ClN3O. The smallest absolute Gasteiger partial charge is 0.238 e. The Bertz CT molecular complexity index is 506. The van der Waals surface area contributed by atoms with Crippen LogP contribution in [0.3, 0.4) is 0 Å². The Kier molecular flexibility index (Phi) is 5.62. The van der Waals surface area contributed by atoms with Gasteiger partial charge in [0, 0.05) is 23.3 Å². The van der Waals surface area contributed by atoms with Gasteiger partial charge in [-0.3, -0.25) is 9.69 Å². The molecule has 1 fully saturated rings. The number of carbonyl (C=O) groups excluding carboxylic acids is 1. The highest BCUT2D eigenvalue weighted by molar-refractivity contribution is 6.31. The minimum absolute atomic E-state index is 0.00453. The van der Waals surface area contributed by atoms with Crippen molar-refractivity contribution in [1.29, 1.82) is 0 Å². The van der Waals surface area contributed by atoms with Crippen molar-refractivity contribution in [2.24, 2.45) is 11.7 Å². The first kappa shape index (κ1) is 16.3. The van der Waals surface area contributed by atoms with Crippen molar-refractivity contribution < 1.29 is 4.79 Å². The number of hydrogen-bond donors (Lipinski definition) is 2. The lowest BCUT2D eigenvalue weighted by Crippen LogP contribution is -2.47. The molecule has 0 saturated carbocycles. The number of amides is 1. The number of anilines is 1. The van der Waals surface area contributed by atoms with E-state index in [0.29, 0.717) is 30.1 Å². The molecule has 1 aromatic rings. The molecule has 116 valence electrons. The molecule has 0 aliphatic carbocycles. The van der Waals surface area contributed by atoms with E-state index in [1.165, 1.54) is 0 Å². The summed E-state index contributed by atoms with van der Waals surface area (Å²) in [7, 11) is 0. The Labute approximate surface area is 131 Å². The highest BCUT2D eigenvalue weighted by atomic mass is 35.5. The molecule has 0 aromatic heterocycles. The number of nitrogens with two attached hydrogens (primary N) is 1. The predicted molar refractivity (Wildman–Crippen MR) is 87.6 cm³/mol. The number of nitrogens with zero attached hydrogens (tertiary/aromatic N) is 1. The maximum Gasteiger partial charge on any atom is 0.238 e. The van der Waals surface area contributed by atoms with Gasteiger partial charge in [0.25, 0.3) is 0 Å². The third-order valence-corrected chi connectivity index (χ3v) is 4.50. The zero-order chi connectivity index (χ0) is 15.4. The molecule has 2 unspecified atom stereocenters. The van der Waals surface area contributed by atoms with E-state index in [2.05, 4.69) is 17.1 Å². The van der Waals surface area contributed by atoms with Crippen LogP contribution in [-0.4, -0.2) is 36.5 Å². The number of halogens is 1. The van der Waals surface area contributed by atoms with Crippen molar-refractivity contribution in [3.63, 3.8) is 0 Å². The van der Waals surface area contributed by atoms with E-state index in [4.69, 9.17) is 17.3 Å². The van der Waals surface area contributed by atoms with Crippen LogP contribution in [0.25, 0.3) is 0 Å². The number of likely N-dealkylation sites (tertiary alicyclic amines) is 1. The third kappa shape index (κ3) is 4.43.